The van der Waals surface area contributed by atoms with Crippen molar-refractivity contribution in [2.24, 2.45) is 0 Å². The van der Waals surface area contributed by atoms with Gasteiger partial charge in [-0.1, -0.05) is 25.1 Å². The van der Waals surface area contributed by atoms with E-state index >= 15 is 0 Å². The maximum absolute atomic E-state index is 10.8. The summed E-state index contributed by atoms with van der Waals surface area (Å²) < 4.78 is 5.65. The maximum Gasteiger partial charge on any atom is 0.304 e. The lowest BCUT2D eigenvalue weighted by atomic mass is 10.2. The zero-order chi connectivity index (χ0) is 15.2. The molecule has 1 aromatic carbocycles. The van der Waals surface area contributed by atoms with Crippen molar-refractivity contribution in [2.75, 3.05) is 6.54 Å². The predicted octanol–water partition coefficient (Wildman–Crippen LogP) is 2.42. The monoisotopic (exact) mass is 289 g/mol. The molecule has 1 atom stereocenters. The molecule has 6 nitrogen and oxygen atoms in total. The number of carboxylic acids is 1. The number of rotatable bonds is 7. The maximum atomic E-state index is 10.8. The van der Waals surface area contributed by atoms with Crippen molar-refractivity contribution in [1.29, 1.82) is 0 Å². The fourth-order valence-electron chi connectivity index (χ4n) is 2.15. The normalized spacial score (nSPS) is 12.5. The molecule has 0 fully saturated rings. The van der Waals surface area contributed by atoms with Crippen molar-refractivity contribution >= 4 is 5.97 Å². The van der Waals surface area contributed by atoms with Gasteiger partial charge in [-0.25, -0.2) is 0 Å². The Bertz CT molecular complexity index is 583. The van der Waals surface area contributed by atoms with Crippen LogP contribution in [0.4, 0.5) is 0 Å². The Morgan fingerprint density at radius 3 is 2.67 bits per heavy atom. The van der Waals surface area contributed by atoms with Crippen molar-refractivity contribution in [3.63, 3.8) is 0 Å². The van der Waals surface area contributed by atoms with Gasteiger partial charge in [-0.2, -0.15) is 0 Å². The minimum Gasteiger partial charge on any atom is -0.481 e. The fourth-order valence-corrected chi connectivity index (χ4v) is 2.15. The minimum absolute atomic E-state index is 0.0837. The molecule has 0 spiro atoms. The molecular weight excluding hydrogens is 270 g/mol. The Hall–Kier alpha value is -2.21. The number of aliphatic carboxylic acids is 1. The van der Waals surface area contributed by atoms with Crippen LogP contribution in [0.2, 0.25) is 0 Å². The zero-order valence-corrected chi connectivity index (χ0v) is 12.2. The molecule has 112 valence electrons. The van der Waals surface area contributed by atoms with Crippen LogP contribution < -0.4 is 0 Å². The summed E-state index contributed by atoms with van der Waals surface area (Å²) in [7, 11) is 0. The first kappa shape index (κ1) is 15.2. The van der Waals surface area contributed by atoms with Crippen molar-refractivity contribution in [2.45, 2.75) is 32.9 Å². The summed E-state index contributed by atoms with van der Waals surface area (Å²) in [4.78, 5) is 12.8. The van der Waals surface area contributed by atoms with Crippen molar-refractivity contribution in [3.05, 3.63) is 36.2 Å². The highest BCUT2D eigenvalue weighted by molar-refractivity contribution is 5.67. The third-order valence-electron chi connectivity index (χ3n) is 3.33. The van der Waals surface area contributed by atoms with E-state index < -0.39 is 5.97 Å². The molecular formula is C15H19N3O3. The third kappa shape index (κ3) is 4.13. The van der Waals surface area contributed by atoms with Gasteiger partial charge in [0, 0.05) is 11.6 Å². The second-order valence-corrected chi connectivity index (χ2v) is 4.88. The van der Waals surface area contributed by atoms with Crippen LogP contribution in [0.3, 0.4) is 0 Å². The molecule has 2 rings (SSSR count). The average molecular weight is 289 g/mol. The number of benzene rings is 1. The number of hydrogen-bond acceptors (Lipinski definition) is 5. The van der Waals surface area contributed by atoms with Crippen LogP contribution in [0.1, 0.15) is 26.2 Å². The number of aromatic nitrogens is 2. The van der Waals surface area contributed by atoms with Gasteiger partial charge >= 0.3 is 5.97 Å². The smallest absolute Gasteiger partial charge is 0.304 e. The van der Waals surface area contributed by atoms with E-state index in [2.05, 4.69) is 10.2 Å². The summed E-state index contributed by atoms with van der Waals surface area (Å²) in [6.07, 6.45) is 0.0908. The highest BCUT2D eigenvalue weighted by Crippen LogP contribution is 2.18. The topological polar surface area (TPSA) is 79.5 Å². The van der Waals surface area contributed by atoms with E-state index in [1.807, 2.05) is 49.1 Å². The second-order valence-electron chi connectivity index (χ2n) is 4.88. The summed E-state index contributed by atoms with van der Waals surface area (Å²) in [5.74, 6) is 0.164. The summed E-state index contributed by atoms with van der Waals surface area (Å²) >= 11 is 0. The predicted molar refractivity (Wildman–Crippen MR) is 77.5 cm³/mol. The van der Waals surface area contributed by atoms with Gasteiger partial charge in [0.05, 0.1) is 13.0 Å². The van der Waals surface area contributed by atoms with Crippen LogP contribution in [0.5, 0.6) is 0 Å². The van der Waals surface area contributed by atoms with E-state index in [0.29, 0.717) is 18.3 Å². The van der Waals surface area contributed by atoms with Gasteiger partial charge in [0.1, 0.15) is 0 Å². The van der Waals surface area contributed by atoms with Gasteiger partial charge in [0.15, 0.2) is 0 Å². The van der Waals surface area contributed by atoms with Gasteiger partial charge < -0.3 is 9.52 Å². The summed E-state index contributed by atoms with van der Waals surface area (Å²) in [6, 6.07) is 9.47. The van der Waals surface area contributed by atoms with Crippen molar-refractivity contribution < 1.29 is 14.3 Å². The molecule has 0 bridgehead atoms. The molecule has 0 aliphatic carbocycles. The first-order valence-corrected chi connectivity index (χ1v) is 6.93. The highest BCUT2D eigenvalue weighted by Gasteiger charge is 2.18. The Kier molecular flexibility index (Phi) is 5.05. The Labute approximate surface area is 123 Å². The second kappa shape index (κ2) is 6.99. The Morgan fingerprint density at radius 1 is 1.33 bits per heavy atom. The first-order valence-electron chi connectivity index (χ1n) is 6.93. The van der Waals surface area contributed by atoms with Gasteiger partial charge in [-0.3, -0.25) is 9.69 Å². The number of carboxylic acid groups (broad SMARTS) is 1. The molecule has 1 aromatic heterocycles. The molecule has 0 aliphatic heterocycles. The lowest BCUT2D eigenvalue weighted by Gasteiger charge is -2.24. The molecule has 1 heterocycles. The minimum atomic E-state index is -0.809. The molecule has 1 N–H and O–H groups in total. The lowest BCUT2D eigenvalue weighted by Crippen LogP contribution is -2.34. The van der Waals surface area contributed by atoms with Gasteiger partial charge in [-0.15, -0.1) is 10.2 Å². The van der Waals surface area contributed by atoms with Gasteiger partial charge in [0.25, 0.3) is 0 Å². The molecule has 0 amide bonds. The number of carbonyl (C=O) groups is 1. The highest BCUT2D eigenvalue weighted by atomic mass is 16.4. The standard InChI is InChI=1S/C15H19N3O3/c1-3-18(11(2)9-14(19)20)10-13-16-17-15(21-13)12-7-5-4-6-8-12/h4-8,11H,3,9-10H2,1-2H3,(H,19,20). The van der Waals surface area contributed by atoms with Crippen LogP contribution in [-0.2, 0) is 11.3 Å². The molecule has 6 heteroatoms. The summed E-state index contributed by atoms with van der Waals surface area (Å²) in [5.41, 5.74) is 0.873. The van der Waals surface area contributed by atoms with E-state index in [9.17, 15) is 4.79 Å². The molecule has 0 aliphatic rings. The van der Waals surface area contributed by atoms with E-state index in [-0.39, 0.29) is 12.5 Å². The van der Waals surface area contributed by atoms with Crippen molar-refractivity contribution in [3.8, 4) is 11.5 Å². The van der Waals surface area contributed by atoms with Crippen LogP contribution in [-0.4, -0.2) is 38.8 Å². The fraction of sp³-hybridized carbons (Fsp3) is 0.400. The molecule has 21 heavy (non-hydrogen) atoms. The summed E-state index contributed by atoms with van der Waals surface area (Å²) in [5, 5.41) is 16.9. The van der Waals surface area contributed by atoms with E-state index in [0.717, 1.165) is 12.1 Å². The third-order valence-corrected chi connectivity index (χ3v) is 3.33. The number of hydrogen-bond donors (Lipinski definition) is 1. The Morgan fingerprint density at radius 2 is 2.05 bits per heavy atom. The van der Waals surface area contributed by atoms with Crippen LogP contribution >= 0.6 is 0 Å². The molecule has 0 saturated heterocycles. The van der Waals surface area contributed by atoms with Crippen molar-refractivity contribution in [1.82, 2.24) is 15.1 Å². The Balaban J connectivity index is 2.05. The first-order chi connectivity index (χ1) is 10.1. The molecule has 0 saturated carbocycles. The van der Waals surface area contributed by atoms with E-state index in [1.165, 1.54) is 0 Å². The lowest BCUT2D eigenvalue weighted by molar-refractivity contribution is -0.138. The van der Waals surface area contributed by atoms with E-state index in [4.69, 9.17) is 9.52 Å². The van der Waals surface area contributed by atoms with Gasteiger partial charge in [0.2, 0.25) is 11.8 Å². The van der Waals surface area contributed by atoms with E-state index in [1.54, 1.807) is 0 Å². The van der Waals surface area contributed by atoms with Crippen LogP contribution in [0, 0.1) is 0 Å². The molecule has 1 unspecified atom stereocenters. The largest absolute Gasteiger partial charge is 0.481 e. The SMILES string of the molecule is CCN(Cc1nnc(-c2ccccc2)o1)C(C)CC(=O)O. The zero-order valence-electron chi connectivity index (χ0n) is 12.2. The van der Waals surface area contributed by atoms with Crippen LogP contribution in [0.25, 0.3) is 11.5 Å². The van der Waals surface area contributed by atoms with Gasteiger partial charge in [-0.05, 0) is 25.6 Å². The van der Waals surface area contributed by atoms with Crippen LogP contribution in [0.15, 0.2) is 34.7 Å². The average Bonchev–Trinajstić information content (AvgIpc) is 2.93. The molecule has 0 radical (unpaired) electrons. The number of nitrogens with zero attached hydrogens (tertiary/aromatic N) is 3. The quantitative estimate of drug-likeness (QED) is 0.843. The molecule has 2 aromatic rings. The summed E-state index contributed by atoms with van der Waals surface area (Å²) in [6.45, 7) is 5.03.